The number of rotatable bonds is 5. The highest BCUT2D eigenvalue weighted by Gasteiger charge is 2.40. The van der Waals surface area contributed by atoms with Gasteiger partial charge >= 0.3 is 6.09 Å². The zero-order valence-electron chi connectivity index (χ0n) is 15.1. The maximum absolute atomic E-state index is 11.4. The van der Waals surface area contributed by atoms with Crippen LogP contribution in [0.25, 0.3) is 0 Å². The van der Waals surface area contributed by atoms with Crippen LogP contribution in [0.2, 0.25) is 0 Å². The number of ether oxygens (including phenoxy) is 1. The Kier molecular flexibility index (Phi) is 4.31. The number of fused-ring (bicyclic) bond motifs is 3. The van der Waals surface area contributed by atoms with Crippen LogP contribution in [0.4, 0.5) is 10.6 Å². The maximum atomic E-state index is 11.4. The summed E-state index contributed by atoms with van der Waals surface area (Å²) in [4.78, 5) is 20.2. The van der Waals surface area contributed by atoms with Gasteiger partial charge in [-0.2, -0.15) is 0 Å². The molecule has 0 spiro atoms. The molecule has 4 rings (SSSR count). The van der Waals surface area contributed by atoms with Crippen LogP contribution < -0.4 is 4.90 Å². The summed E-state index contributed by atoms with van der Waals surface area (Å²) in [5, 5.41) is 9.34. The molecule has 1 aliphatic carbocycles. The fourth-order valence-electron chi connectivity index (χ4n) is 4.19. The van der Waals surface area contributed by atoms with Gasteiger partial charge in [-0.25, -0.2) is 9.78 Å². The molecule has 3 heterocycles. The predicted molar refractivity (Wildman–Crippen MR) is 95.0 cm³/mol. The second-order valence-electron chi connectivity index (χ2n) is 7.69. The van der Waals surface area contributed by atoms with Crippen molar-refractivity contribution in [3.8, 4) is 0 Å². The van der Waals surface area contributed by atoms with Gasteiger partial charge in [-0.15, -0.1) is 0 Å². The maximum Gasteiger partial charge on any atom is 0.407 e. The molecule has 0 unspecified atom stereocenters. The van der Waals surface area contributed by atoms with Gasteiger partial charge in [0.1, 0.15) is 5.82 Å². The number of aryl methyl sites for hydroxylation is 1. The summed E-state index contributed by atoms with van der Waals surface area (Å²) in [5.41, 5.74) is 3.55. The first-order valence-electron chi connectivity index (χ1n) is 9.42. The molecule has 3 aliphatic rings. The van der Waals surface area contributed by atoms with E-state index in [4.69, 9.17) is 9.72 Å². The van der Waals surface area contributed by atoms with E-state index >= 15 is 0 Å². The summed E-state index contributed by atoms with van der Waals surface area (Å²) in [6.45, 7) is 6.83. The Bertz CT molecular complexity index is 674. The predicted octanol–water partition coefficient (Wildman–Crippen LogP) is 2.68. The zero-order valence-corrected chi connectivity index (χ0v) is 15.1. The molecule has 2 atom stereocenters. The van der Waals surface area contributed by atoms with Crippen molar-refractivity contribution in [1.82, 2.24) is 9.88 Å². The highest BCUT2D eigenvalue weighted by molar-refractivity contribution is 5.67. The minimum Gasteiger partial charge on any atom is -0.465 e. The average Bonchev–Trinajstić information content (AvgIpc) is 3.33. The van der Waals surface area contributed by atoms with E-state index in [2.05, 4.69) is 24.8 Å². The number of nitrogens with zero attached hydrogens (tertiary/aromatic N) is 3. The van der Waals surface area contributed by atoms with E-state index in [-0.39, 0.29) is 12.1 Å². The lowest BCUT2D eigenvalue weighted by Crippen LogP contribution is -2.58. The smallest absolute Gasteiger partial charge is 0.407 e. The van der Waals surface area contributed by atoms with Gasteiger partial charge in [-0.3, -0.25) is 0 Å². The third kappa shape index (κ3) is 3.19. The Morgan fingerprint density at radius 3 is 2.88 bits per heavy atom. The third-order valence-corrected chi connectivity index (χ3v) is 5.64. The second-order valence-corrected chi connectivity index (χ2v) is 7.69. The molecule has 0 bridgehead atoms. The van der Waals surface area contributed by atoms with Crippen LogP contribution >= 0.6 is 0 Å². The standard InChI is InChI=1S/C19H27N3O3/c1-3-17-15(11-25-10-13-4-5-13)6-14-7-16-9-21(19(23)24)8-12(2)22(16)18(14)20-17/h6,12-13,16H,3-5,7-11H2,1-2H3,(H,23,24)/t12-,16-/m1/s1. The van der Waals surface area contributed by atoms with Gasteiger partial charge in [0.25, 0.3) is 0 Å². The fourth-order valence-corrected chi connectivity index (χ4v) is 4.19. The second kappa shape index (κ2) is 6.48. The van der Waals surface area contributed by atoms with E-state index in [1.807, 2.05) is 0 Å². The molecule has 0 aromatic carbocycles. The zero-order chi connectivity index (χ0) is 17.6. The molecule has 1 amide bonds. The SMILES string of the molecule is CCc1nc2c(cc1COCC1CC1)C[C@@H]1CN(C(=O)O)C[C@@H](C)N21. The number of aromatic nitrogens is 1. The number of hydrogen-bond acceptors (Lipinski definition) is 4. The molecule has 136 valence electrons. The highest BCUT2D eigenvalue weighted by atomic mass is 16.5. The number of anilines is 1. The molecule has 1 N–H and O–H groups in total. The van der Waals surface area contributed by atoms with Crippen molar-refractivity contribution < 1.29 is 14.6 Å². The Balaban J connectivity index is 1.55. The van der Waals surface area contributed by atoms with Crippen LogP contribution in [0.5, 0.6) is 0 Å². The summed E-state index contributed by atoms with van der Waals surface area (Å²) < 4.78 is 5.89. The molecule has 6 heteroatoms. The Labute approximate surface area is 148 Å². The summed E-state index contributed by atoms with van der Waals surface area (Å²) in [6, 6.07) is 2.62. The molecule has 6 nitrogen and oxygen atoms in total. The lowest BCUT2D eigenvalue weighted by atomic mass is 10.1. The van der Waals surface area contributed by atoms with E-state index in [1.54, 1.807) is 0 Å². The average molecular weight is 345 g/mol. The first kappa shape index (κ1) is 16.6. The van der Waals surface area contributed by atoms with Crippen LogP contribution in [0.3, 0.4) is 0 Å². The summed E-state index contributed by atoms with van der Waals surface area (Å²) in [5.74, 6) is 1.83. The number of carbonyl (C=O) groups is 1. The largest absolute Gasteiger partial charge is 0.465 e. The van der Waals surface area contributed by atoms with Crippen molar-refractivity contribution in [2.75, 3.05) is 24.6 Å². The van der Waals surface area contributed by atoms with E-state index < -0.39 is 6.09 Å². The molecule has 2 aliphatic heterocycles. The quantitative estimate of drug-likeness (QED) is 0.889. The third-order valence-electron chi connectivity index (χ3n) is 5.64. The van der Waals surface area contributed by atoms with Crippen LogP contribution in [-0.4, -0.2) is 52.9 Å². The minimum atomic E-state index is -0.821. The van der Waals surface area contributed by atoms with Crippen LogP contribution in [0.15, 0.2) is 6.07 Å². The highest BCUT2D eigenvalue weighted by Crippen LogP contribution is 2.37. The van der Waals surface area contributed by atoms with Gasteiger partial charge in [0.15, 0.2) is 0 Å². The number of hydrogen-bond donors (Lipinski definition) is 1. The number of pyridine rings is 1. The Hall–Kier alpha value is -1.82. The van der Waals surface area contributed by atoms with Gasteiger partial charge in [0, 0.05) is 31.4 Å². The van der Waals surface area contributed by atoms with Gasteiger partial charge < -0.3 is 19.6 Å². The lowest BCUT2D eigenvalue weighted by molar-refractivity contribution is 0.110. The Morgan fingerprint density at radius 1 is 1.40 bits per heavy atom. The molecular weight excluding hydrogens is 318 g/mol. The molecular formula is C19H27N3O3. The van der Waals surface area contributed by atoms with E-state index in [1.165, 1.54) is 28.9 Å². The molecule has 1 saturated heterocycles. The minimum absolute atomic E-state index is 0.158. The topological polar surface area (TPSA) is 65.9 Å². The normalized spacial score (nSPS) is 25.0. The Morgan fingerprint density at radius 2 is 2.20 bits per heavy atom. The van der Waals surface area contributed by atoms with Crippen molar-refractivity contribution >= 4 is 11.9 Å². The lowest BCUT2D eigenvalue weighted by Gasteiger charge is -2.42. The van der Waals surface area contributed by atoms with Gasteiger partial charge in [0.2, 0.25) is 0 Å². The first-order chi connectivity index (χ1) is 12.1. The van der Waals surface area contributed by atoms with Gasteiger partial charge in [0.05, 0.1) is 12.6 Å². The van der Waals surface area contributed by atoms with Crippen LogP contribution in [0, 0.1) is 5.92 Å². The van der Waals surface area contributed by atoms with Gasteiger partial charge in [-0.1, -0.05) is 6.92 Å². The monoisotopic (exact) mass is 345 g/mol. The fraction of sp³-hybridized carbons (Fsp3) is 0.684. The molecule has 1 saturated carbocycles. The first-order valence-corrected chi connectivity index (χ1v) is 9.42. The summed E-state index contributed by atoms with van der Waals surface area (Å²) in [6.07, 6.45) is 3.55. The van der Waals surface area contributed by atoms with Crippen LogP contribution in [0.1, 0.15) is 43.5 Å². The van der Waals surface area contributed by atoms with Crippen molar-refractivity contribution in [3.05, 3.63) is 22.9 Å². The number of piperazine rings is 1. The van der Waals surface area contributed by atoms with E-state index in [9.17, 15) is 9.90 Å². The van der Waals surface area contributed by atoms with Crippen molar-refractivity contribution in [3.63, 3.8) is 0 Å². The molecule has 0 radical (unpaired) electrons. The van der Waals surface area contributed by atoms with Crippen molar-refractivity contribution in [2.45, 2.75) is 58.2 Å². The number of amides is 1. The van der Waals surface area contributed by atoms with Crippen molar-refractivity contribution in [2.24, 2.45) is 5.92 Å². The summed E-state index contributed by atoms with van der Waals surface area (Å²) >= 11 is 0. The molecule has 1 aromatic rings. The number of carboxylic acid groups (broad SMARTS) is 1. The van der Waals surface area contributed by atoms with E-state index in [0.29, 0.717) is 19.7 Å². The molecule has 1 aromatic heterocycles. The van der Waals surface area contributed by atoms with Crippen molar-refractivity contribution in [1.29, 1.82) is 0 Å². The molecule has 2 fully saturated rings. The summed E-state index contributed by atoms with van der Waals surface area (Å²) in [7, 11) is 0. The molecule has 25 heavy (non-hydrogen) atoms. The van der Waals surface area contributed by atoms with E-state index in [0.717, 1.165) is 36.9 Å². The van der Waals surface area contributed by atoms with Crippen LogP contribution in [-0.2, 0) is 24.2 Å². The van der Waals surface area contributed by atoms with Gasteiger partial charge in [-0.05, 0) is 55.7 Å².